The summed E-state index contributed by atoms with van der Waals surface area (Å²) in [5.41, 5.74) is 2.38. The molecule has 24 heavy (non-hydrogen) atoms. The number of hydrogen-bond donors (Lipinski definition) is 1. The molecule has 1 saturated heterocycles. The van der Waals surface area contributed by atoms with E-state index < -0.39 is 0 Å². The molecule has 0 saturated carbocycles. The lowest BCUT2D eigenvalue weighted by atomic mass is 10.0. The van der Waals surface area contributed by atoms with Gasteiger partial charge in [0.15, 0.2) is 0 Å². The van der Waals surface area contributed by atoms with Crippen molar-refractivity contribution in [1.29, 1.82) is 0 Å². The van der Waals surface area contributed by atoms with E-state index in [1.165, 1.54) is 10.4 Å². The minimum atomic E-state index is -0.00649. The van der Waals surface area contributed by atoms with Crippen LogP contribution in [0.4, 0.5) is 4.79 Å². The maximum Gasteiger partial charge on any atom is 0.318 e. The molecule has 0 aliphatic carbocycles. The third-order valence-electron chi connectivity index (χ3n) is 4.94. The molecule has 1 aromatic carbocycles. The fourth-order valence-corrected chi connectivity index (χ4v) is 4.49. The predicted molar refractivity (Wildman–Crippen MR) is 95.6 cm³/mol. The van der Waals surface area contributed by atoms with Crippen LogP contribution in [0, 0.1) is 0 Å². The summed E-state index contributed by atoms with van der Waals surface area (Å²) in [5, 5.41) is 5.25. The molecule has 0 bridgehead atoms. The van der Waals surface area contributed by atoms with Gasteiger partial charge in [-0.2, -0.15) is 0 Å². The molecule has 0 radical (unpaired) electrons. The summed E-state index contributed by atoms with van der Waals surface area (Å²) >= 11 is 1.73. The van der Waals surface area contributed by atoms with E-state index >= 15 is 0 Å². The van der Waals surface area contributed by atoms with E-state index in [-0.39, 0.29) is 18.1 Å². The van der Waals surface area contributed by atoms with Gasteiger partial charge in [0.05, 0.1) is 18.7 Å². The molecular weight excluding hydrogens is 320 g/mol. The first-order chi connectivity index (χ1) is 11.7. The Hall–Kier alpha value is -2.01. The Morgan fingerprint density at radius 2 is 2.33 bits per heavy atom. The van der Waals surface area contributed by atoms with Crippen LogP contribution in [0.1, 0.15) is 47.9 Å². The molecule has 1 aromatic heterocycles. The molecule has 2 aliphatic rings. The second kappa shape index (κ2) is 6.48. The molecule has 126 valence electrons. The van der Waals surface area contributed by atoms with Crippen molar-refractivity contribution in [2.24, 2.45) is 0 Å². The number of nitrogens with zero attached hydrogens (tertiary/aromatic N) is 1. The van der Waals surface area contributed by atoms with E-state index in [1.807, 2.05) is 17.9 Å². The van der Waals surface area contributed by atoms with E-state index in [0.717, 1.165) is 43.7 Å². The maximum atomic E-state index is 12.8. The van der Waals surface area contributed by atoms with Crippen LogP contribution in [0.3, 0.4) is 0 Å². The molecule has 4 nitrogen and oxygen atoms in total. The summed E-state index contributed by atoms with van der Waals surface area (Å²) in [6, 6.07) is 10.7. The van der Waals surface area contributed by atoms with Gasteiger partial charge in [0, 0.05) is 17.8 Å². The number of carbonyl (C=O) groups excluding carboxylic acids is 1. The van der Waals surface area contributed by atoms with Crippen molar-refractivity contribution in [3.8, 4) is 5.75 Å². The Labute approximate surface area is 146 Å². The molecule has 1 fully saturated rings. The topological polar surface area (TPSA) is 41.6 Å². The number of fused-ring (bicyclic) bond motifs is 1. The Kier molecular flexibility index (Phi) is 4.19. The fraction of sp³-hybridized carbons (Fsp3) is 0.421. The zero-order valence-corrected chi connectivity index (χ0v) is 14.6. The van der Waals surface area contributed by atoms with Gasteiger partial charge < -0.3 is 15.0 Å². The first kappa shape index (κ1) is 15.5. The summed E-state index contributed by atoms with van der Waals surface area (Å²) in [7, 11) is 0. The largest absolute Gasteiger partial charge is 0.493 e. The number of benzene rings is 1. The summed E-state index contributed by atoms with van der Waals surface area (Å²) in [6.07, 6.45) is 3.08. The number of carbonyl (C=O) groups is 1. The number of thiophene rings is 1. The first-order valence-electron chi connectivity index (χ1n) is 8.58. The molecule has 1 N–H and O–H groups in total. The third kappa shape index (κ3) is 2.88. The van der Waals surface area contributed by atoms with Crippen molar-refractivity contribution in [3.05, 3.63) is 51.7 Å². The monoisotopic (exact) mass is 342 g/mol. The van der Waals surface area contributed by atoms with Gasteiger partial charge in [-0.25, -0.2) is 4.79 Å². The second-order valence-electron chi connectivity index (χ2n) is 6.50. The van der Waals surface area contributed by atoms with Gasteiger partial charge in [-0.1, -0.05) is 12.1 Å². The van der Waals surface area contributed by atoms with E-state index in [0.29, 0.717) is 0 Å². The second-order valence-corrected chi connectivity index (χ2v) is 7.48. The van der Waals surface area contributed by atoms with Crippen molar-refractivity contribution < 1.29 is 9.53 Å². The van der Waals surface area contributed by atoms with E-state index in [2.05, 4.69) is 35.0 Å². The van der Waals surface area contributed by atoms with Gasteiger partial charge in [-0.05, 0) is 54.5 Å². The average molecular weight is 342 g/mol. The van der Waals surface area contributed by atoms with Gasteiger partial charge in [-0.3, -0.25) is 0 Å². The number of nitrogens with one attached hydrogen (secondary N) is 1. The SMILES string of the molecule is C[C@H](NC(=O)N1CCC[C@H]1c1cccs1)c1ccc2c(c1)CCO2. The zero-order chi connectivity index (χ0) is 16.5. The smallest absolute Gasteiger partial charge is 0.318 e. The molecule has 2 atom stereocenters. The van der Waals surface area contributed by atoms with Crippen molar-refractivity contribution in [2.45, 2.75) is 38.3 Å². The van der Waals surface area contributed by atoms with Crippen molar-refractivity contribution in [3.63, 3.8) is 0 Å². The summed E-state index contributed by atoms with van der Waals surface area (Å²) < 4.78 is 5.56. The molecule has 0 unspecified atom stereocenters. The normalized spacial score (nSPS) is 20.5. The van der Waals surface area contributed by atoms with E-state index in [4.69, 9.17) is 4.74 Å². The van der Waals surface area contributed by atoms with Gasteiger partial charge in [0.1, 0.15) is 5.75 Å². The number of hydrogen-bond acceptors (Lipinski definition) is 3. The Morgan fingerprint density at radius 1 is 1.42 bits per heavy atom. The van der Waals surface area contributed by atoms with Crippen molar-refractivity contribution in [2.75, 3.05) is 13.2 Å². The van der Waals surface area contributed by atoms with Crippen molar-refractivity contribution >= 4 is 17.4 Å². The number of amides is 2. The van der Waals surface area contributed by atoms with Crippen LogP contribution < -0.4 is 10.1 Å². The summed E-state index contributed by atoms with van der Waals surface area (Å²) in [6.45, 7) is 3.64. The van der Waals surface area contributed by atoms with Crippen LogP contribution in [0.15, 0.2) is 35.7 Å². The number of likely N-dealkylation sites (tertiary alicyclic amines) is 1. The zero-order valence-electron chi connectivity index (χ0n) is 13.8. The molecule has 2 aliphatic heterocycles. The van der Waals surface area contributed by atoms with Crippen LogP contribution in [0.25, 0.3) is 0 Å². The van der Waals surface area contributed by atoms with Crippen LogP contribution >= 0.6 is 11.3 Å². The fourth-order valence-electron chi connectivity index (χ4n) is 3.61. The lowest BCUT2D eigenvalue weighted by molar-refractivity contribution is 0.190. The van der Waals surface area contributed by atoms with E-state index in [9.17, 15) is 4.79 Å². The van der Waals surface area contributed by atoms with Crippen molar-refractivity contribution in [1.82, 2.24) is 10.2 Å². The lowest BCUT2D eigenvalue weighted by Crippen LogP contribution is -2.40. The third-order valence-corrected chi connectivity index (χ3v) is 5.91. The highest BCUT2D eigenvalue weighted by Gasteiger charge is 2.31. The number of ether oxygens (including phenoxy) is 1. The van der Waals surface area contributed by atoms with Crippen LogP contribution in [-0.2, 0) is 6.42 Å². The average Bonchev–Trinajstić information content (AvgIpc) is 3.32. The van der Waals surface area contributed by atoms with Gasteiger partial charge >= 0.3 is 6.03 Å². The van der Waals surface area contributed by atoms with Gasteiger partial charge in [-0.15, -0.1) is 11.3 Å². The minimum absolute atomic E-state index is 0.00649. The number of urea groups is 1. The highest BCUT2D eigenvalue weighted by atomic mass is 32.1. The molecule has 0 spiro atoms. The maximum absolute atomic E-state index is 12.8. The Balaban J connectivity index is 1.45. The van der Waals surface area contributed by atoms with Crippen LogP contribution in [-0.4, -0.2) is 24.1 Å². The Morgan fingerprint density at radius 3 is 3.17 bits per heavy atom. The molecule has 3 heterocycles. The standard InChI is InChI=1S/C19H22N2O2S/c1-13(14-6-7-17-15(12-14)8-10-23-17)20-19(22)21-9-2-4-16(21)18-5-3-11-24-18/h3,5-7,11-13,16H,2,4,8-10H2,1H3,(H,20,22)/t13-,16-/m0/s1. The molecule has 5 heteroatoms. The molecule has 2 aromatic rings. The summed E-state index contributed by atoms with van der Waals surface area (Å²) in [4.78, 5) is 16.0. The summed E-state index contributed by atoms with van der Waals surface area (Å²) in [5.74, 6) is 0.981. The van der Waals surface area contributed by atoms with Gasteiger partial charge in [0.25, 0.3) is 0 Å². The highest BCUT2D eigenvalue weighted by molar-refractivity contribution is 7.10. The lowest BCUT2D eigenvalue weighted by Gasteiger charge is -2.26. The predicted octanol–water partition coefficient (Wildman–Crippen LogP) is 4.29. The Bertz CT molecular complexity index is 729. The molecular formula is C19H22N2O2S. The molecule has 2 amide bonds. The minimum Gasteiger partial charge on any atom is -0.493 e. The first-order valence-corrected chi connectivity index (χ1v) is 9.46. The highest BCUT2D eigenvalue weighted by Crippen LogP contribution is 2.35. The van der Waals surface area contributed by atoms with Gasteiger partial charge in [0.2, 0.25) is 0 Å². The van der Waals surface area contributed by atoms with Crippen LogP contribution in [0.2, 0.25) is 0 Å². The quantitative estimate of drug-likeness (QED) is 0.904. The number of rotatable bonds is 3. The molecule has 4 rings (SSSR count). The van der Waals surface area contributed by atoms with E-state index in [1.54, 1.807) is 11.3 Å². The van der Waals surface area contributed by atoms with Crippen LogP contribution in [0.5, 0.6) is 5.75 Å².